The van der Waals surface area contributed by atoms with E-state index in [1.165, 1.54) is 18.2 Å². The molecule has 122 valence electrons. The smallest absolute Gasteiger partial charge is 0.269 e. The summed E-state index contributed by atoms with van der Waals surface area (Å²) < 4.78 is 1.17. The molecule has 0 unspecified atom stereocenters. The number of benzene rings is 2. The molecule has 10 heteroatoms. The normalized spacial score (nSPS) is 11.3. The van der Waals surface area contributed by atoms with E-state index in [0.717, 1.165) is 11.9 Å². The fourth-order valence-corrected chi connectivity index (χ4v) is 3.50. The molecule has 0 amide bonds. The summed E-state index contributed by atoms with van der Waals surface area (Å²) in [6.45, 7) is 0. The minimum atomic E-state index is -1.81. The average molecular weight is 433 g/mol. The topological polar surface area (TPSA) is 55.2 Å². The van der Waals surface area contributed by atoms with Gasteiger partial charge in [0.15, 0.2) is 0 Å². The summed E-state index contributed by atoms with van der Waals surface area (Å²) in [7, 11) is 0. The number of alkyl halides is 3. The highest BCUT2D eigenvalue weighted by molar-refractivity contribution is 8.00. The zero-order chi connectivity index (χ0) is 17.2. The number of nitrogens with one attached hydrogen (secondary N) is 1. The number of nitrogens with zero attached hydrogens (tertiary/aromatic N) is 1. The number of anilines is 1. The Kier molecular flexibility index (Phi) is 6.16. The molecule has 4 nitrogen and oxygen atoms in total. The molecule has 0 aliphatic rings. The average Bonchev–Trinajstić information content (AvgIpc) is 2.47. The molecule has 0 aromatic heterocycles. The minimum Gasteiger partial charge on any atom is -0.324 e. The maximum atomic E-state index is 10.9. The summed E-state index contributed by atoms with van der Waals surface area (Å²) in [5, 5.41) is 11.8. The number of rotatable bonds is 4. The number of halogens is 5. The Bertz CT molecular complexity index is 752. The molecule has 0 heterocycles. The van der Waals surface area contributed by atoms with Gasteiger partial charge < -0.3 is 4.72 Å². The fraction of sp³-hybridized carbons (Fsp3) is 0.0769. The molecular formula is C13H7Cl5N2O2S. The van der Waals surface area contributed by atoms with E-state index in [-0.39, 0.29) is 11.3 Å². The third-order valence-electron chi connectivity index (χ3n) is 2.68. The Morgan fingerprint density at radius 2 is 1.78 bits per heavy atom. The van der Waals surface area contributed by atoms with Crippen molar-refractivity contribution in [3.8, 4) is 0 Å². The van der Waals surface area contributed by atoms with Crippen LogP contribution in [0.2, 0.25) is 10.0 Å². The number of nitro benzene ring substituents is 1. The van der Waals surface area contributed by atoms with Crippen molar-refractivity contribution in [2.45, 2.75) is 8.69 Å². The van der Waals surface area contributed by atoms with Crippen LogP contribution in [0.4, 0.5) is 11.4 Å². The third kappa shape index (κ3) is 4.95. The van der Waals surface area contributed by atoms with Crippen molar-refractivity contribution in [2.24, 2.45) is 0 Å². The third-order valence-corrected chi connectivity index (χ3v) is 4.75. The van der Waals surface area contributed by atoms with Crippen molar-refractivity contribution in [1.29, 1.82) is 0 Å². The molecular weight excluding hydrogens is 425 g/mol. The Morgan fingerprint density at radius 1 is 1.09 bits per heavy atom. The molecule has 1 N–H and O–H groups in total. The Hall–Kier alpha value is -0.560. The van der Waals surface area contributed by atoms with Gasteiger partial charge >= 0.3 is 0 Å². The second-order valence-corrected chi connectivity index (χ2v) is 8.24. The second kappa shape index (κ2) is 7.55. The summed E-state index contributed by atoms with van der Waals surface area (Å²) in [5.41, 5.74) is 0.585. The van der Waals surface area contributed by atoms with E-state index in [1.54, 1.807) is 18.2 Å². The zero-order valence-corrected chi connectivity index (χ0v) is 15.6. The van der Waals surface area contributed by atoms with E-state index < -0.39 is 8.72 Å². The first kappa shape index (κ1) is 18.8. The van der Waals surface area contributed by atoms with E-state index in [2.05, 4.69) is 4.72 Å². The summed E-state index contributed by atoms with van der Waals surface area (Å²) in [6.07, 6.45) is 0. The summed E-state index contributed by atoms with van der Waals surface area (Å²) in [4.78, 5) is 10.8. The van der Waals surface area contributed by atoms with E-state index in [9.17, 15) is 10.1 Å². The molecule has 0 aliphatic heterocycles. The molecule has 0 saturated carbocycles. The highest BCUT2D eigenvalue weighted by Crippen LogP contribution is 2.44. The Morgan fingerprint density at radius 3 is 2.39 bits per heavy atom. The van der Waals surface area contributed by atoms with Crippen molar-refractivity contribution in [1.82, 2.24) is 0 Å². The van der Waals surface area contributed by atoms with Crippen molar-refractivity contribution in [3.05, 3.63) is 62.1 Å². The van der Waals surface area contributed by atoms with Crippen LogP contribution in [0.25, 0.3) is 0 Å². The van der Waals surface area contributed by atoms with E-state index in [4.69, 9.17) is 58.0 Å². The SMILES string of the molecule is O=[N+]([O-])c1ccc(SNc2cc(Cl)ccc2Cl)c(C(Cl)(Cl)Cl)c1. The van der Waals surface area contributed by atoms with Crippen LogP contribution in [0.15, 0.2) is 41.3 Å². The first-order valence-corrected chi connectivity index (χ1v) is 8.62. The molecule has 2 aromatic carbocycles. The van der Waals surface area contributed by atoms with E-state index >= 15 is 0 Å². The molecule has 23 heavy (non-hydrogen) atoms. The van der Waals surface area contributed by atoms with Crippen molar-refractivity contribution < 1.29 is 4.92 Å². The van der Waals surface area contributed by atoms with Crippen LogP contribution in [0, 0.1) is 10.1 Å². The molecule has 2 rings (SSSR count). The van der Waals surface area contributed by atoms with Gasteiger partial charge in [-0.15, -0.1) is 0 Å². The maximum absolute atomic E-state index is 10.9. The number of non-ortho nitro benzene ring substituents is 1. The number of hydrogen-bond acceptors (Lipinski definition) is 4. The van der Waals surface area contributed by atoms with Crippen LogP contribution >= 0.6 is 70.0 Å². The fourth-order valence-electron chi connectivity index (χ4n) is 1.63. The number of nitro groups is 1. The lowest BCUT2D eigenvalue weighted by Crippen LogP contribution is -2.04. The minimum absolute atomic E-state index is 0.170. The van der Waals surface area contributed by atoms with Crippen LogP contribution in [-0.2, 0) is 3.79 Å². The lowest BCUT2D eigenvalue weighted by atomic mass is 10.2. The van der Waals surface area contributed by atoms with E-state index in [1.807, 2.05) is 0 Å². The summed E-state index contributed by atoms with van der Waals surface area (Å²) in [6, 6.07) is 8.96. The van der Waals surface area contributed by atoms with Gasteiger partial charge in [-0.25, -0.2) is 0 Å². The molecule has 2 aromatic rings. The van der Waals surface area contributed by atoms with Crippen LogP contribution < -0.4 is 4.72 Å². The van der Waals surface area contributed by atoms with Gasteiger partial charge in [0.25, 0.3) is 5.69 Å². The lowest BCUT2D eigenvalue weighted by molar-refractivity contribution is -0.385. The van der Waals surface area contributed by atoms with Gasteiger partial charge in [-0.2, -0.15) is 0 Å². The predicted molar refractivity (Wildman–Crippen MR) is 98.3 cm³/mol. The van der Waals surface area contributed by atoms with Gasteiger partial charge in [-0.1, -0.05) is 58.0 Å². The molecule has 0 saturated heterocycles. The van der Waals surface area contributed by atoms with Crippen LogP contribution in [-0.4, -0.2) is 4.92 Å². The van der Waals surface area contributed by atoms with Gasteiger partial charge in [-0.05, 0) is 36.2 Å². The second-order valence-electron chi connectivity index (χ2n) is 4.26. The van der Waals surface area contributed by atoms with E-state index in [0.29, 0.717) is 20.6 Å². The molecule has 0 aliphatic carbocycles. The van der Waals surface area contributed by atoms with Gasteiger partial charge in [0.1, 0.15) is 0 Å². The largest absolute Gasteiger partial charge is 0.324 e. The molecule has 0 atom stereocenters. The quantitative estimate of drug-likeness (QED) is 0.248. The van der Waals surface area contributed by atoms with Crippen molar-refractivity contribution in [2.75, 3.05) is 4.72 Å². The molecule has 0 fully saturated rings. The van der Waals surface area contributed by atoms with Gasteiger partial charge in [0.2, 0.25) is 3.79 Å². The van der Waals surface area contributed by atoms with Crippen LogP contribution in [0.1, 0.15) is 5.56 Å². The molecule has 0 spiro atoms. The maximum Gasteiger partial charge on any atom is 0.269 e. The monoisotopic (exact) mass is 430 g/mol. The summed E-state index contributed by atoms with van der Waals surface area (Å²) in [5.74, 6) is 0. The first-order valence-electron chi connectivity index (χ1n) is 5.92. The lowest BCUT2D eigenvalue weighted by Gasteiger charge is -2.16. The van der Waals surface area contributed by atoms with Crippen molar-refractivity contribution >= 4 is 81.3 Å². The van der Waals surface area contributed by atoms with Gasteiger partial charge in [-0.3, -0.25) is 10.1 Å². The highest BCUT2D eigenvalue weighted by Gasteiger charge is 2.28. The highest BCUT2D eigenvalue weighted by atomic mass is 35.6. The molecule has 0 bridgehead atoms. The predicted octanol–water partition coefficient (Wildman–Crippen LogP) is 6.85. The number of hydrogen-bond donors (Lipinski definition) is 1. The van der Waals surface area contributed by atoms with Crippen LogP contribution in [0.3, 0.4) is 0 Å². The Labute approximate surface area is 161 Å². The summed E-state index contributed by atoms with van der Waals surface area (Å²) >= 11 is 30.8. The van der Waals surface area contributed by atoms with Crippen LogP contribution in [0.5, 0.6) is 0 Å². The standard InChI is InChI=1S/C13H7Cl5N2O2S/c14-7-1-3-10(15)11(5-7)19-23-12-4-2-8(20(21)22)6-9(12)13(16,17)18/h1-6,19H. The van der Waals surface area contributed by atoms with Gasteiger partial charge in [0.05, 0.1) is 15.6 Å². The zero-order valence-electron chi connectivity index (χ0n) is 11.0. The van der Waals surface area contributed by atoms with Gasteiger partial charge in [0, 0.05) is 27.6 Å². The molecule has 0 radical (unpaired) electrons. The first-order chi connectivity index (χ1) is 10.7. The Balaban J connectivity index is 2.32. The van der Waals surface area contributed by atoms with Crippen molar-refractivity contribution in [3.63, 3.8) is 0 Å².